The molecule has 2 rings (SSSR count). The van der Waals surface area contributed by atoms with Gasteiger partial charge in [0, 0.05) is 6.42 Å². The van der Waals surface area contributed by atoms with Gasteiger partial charge in [0.2, 0.25) is 0 Å². The Balaban J connectivity index is 2.13. The molecule has 0 amide bonds. The van der Waals surface area contributed by atoms with Gasteiger partial charge < -0.3 is 9.47 Å². The molecule has 0 radical (unpaired) electrons. The first kappa shape index (κ1) is 18.1. The van der Waals surface area contributed by atoms with Crippen LogP contribution in [0, 0.1) is 0 Å². The summed E-state index contributed by atoms with van der Waals surface area (Å²) < 4.78 is 9.30. The van der Waals surface area contributed by atoms with Gasteiger partial charge in [-0.05, 0) is 47.0 Å². The van der Waals surface area contributed by atoms with Crippen molar-refractivity contribution in [1.82, 2.24) is 0 Å². The van der Waals surface area contributed by atoms with Crippen molar-refractivity contribution in [3.8, 4) is 0 Å². The van der Waals surface area contributed by atoms with Crippen LogP contribution >= 0.6 is 0 Å². The first-order valence-corrected chi connectivity index (χ1v) is 7.58. The molecule has 0 saturated heterocycles. The maximum atomic E-state index is 11.4. The molecule has 0 aliphatic rings. The number of carbonyl (C=O) groups is 3. The summed E-state index contributed by atoms with van der Waals surface area (Å²) in [6, 6.07) is 13.7. The third-order valence-electron chi connectivity index (χ3n) is 3.62. The smallest absolute Gasteiger partial charge is 0.337 e. The fourth-order valence-electron chi connectivity index (χ4n) is 2.29. The molecule has 0 fully saturated rings. The molecule has 0 aliphatic heterocycles. The SMILES string of the molecule is COC(=O)c1ccc(/C=C(/C=O)Cc2ccc(C(=O)OC)cc2)cc1. The minimum Gasteiger partial charge on any atom is -0.465 e. The van der Waals surface area contributed by atoms with E-state index in [1.165, 1.54) is 14.2 Å². The van der Waals surface area contributed by atoms with Crippen molar-refractivity contribution in [1.29, 1.82) is 0 Å². The second-order valence-electron chi connectivity index (χ2n) is 5.32. The molecule has 5 heteroatoms. The van der Waals surface area contributed by atoms with Crippen LogP contribution in [-0.4, -0.2) is 32.4 Å². The molecule has 2 aromatic carbocycles. The van der Waals surface area contributed by atoms with Crippen molar-refractivity contribution in [2.24, 2.45) is 0 Å². The Morgan fingerprint density at radius 2 is 1.32 bits per heavy atom. The molecule has 5 nitrogen and oxygen atoms in total. The third kappa shape index (κ3) is 4.88. The molecule has 0 spiro atoms. The fraction of sp³-hybridized carbons (Fsp3) is 0.150. The van der Waals surface area contributed by atoms with Crippen molar-refractivity contribution in [2.75, 3.05) is 14.2 Å². The lowest BCUT2D eigenvalue weighted by Gasteiger charge is -2.04. The Kier molecular flexibility index (Phi) is 6.23. The van der Waals surface area contributed by atoms with Crippen molar-refractivity contribution >= 4 is 24.3 Å². The summed E-state index contributed by atoms with van der Waals surface area (Å²) in [7, 11) is 2.65. The van der Waals surface area contributed by atoms with Gasteiger partial charge in [-0.25, -0.2) is 9.59 Å². The maximum absolute atomic E-state index is 11.4. The minimum atomic E-state index is -0.406. The van der Waals surface area contributed by atoms with E-state index in [0.29, 0.717) is 23.1 Å². The lowest BCUT2D eigenvalue weighted by Crippen LogP contribution is -2.01. The maximum Gasteiger partial charge on any atom is 0.337 e. The van der Waals surface area contributed by atoms with E-state index in [2.05, 4.69) is 9.47 Å². The van der Waals surface area contributed by atoms with Gasteiger partial charge in [0.05, 0.1) is 25.3 Å². The zero-order valence-corrected chi connectivity index (χ0v) is 14.0. The highest BCUT2D eigenvalue weighted by Gasteiger charge is 2.06. The van der Waals surface area contributed by atoms with Crippen LogP contribution < -0.4 is 0 Å². The van der Waals surface area contributed by atoms with E-state index in [9.17, 15) is 14.4 Å². The number of aldehydes is 1. The monoisotopic (exact) mass is 338 g/mol. The Morgan fingerprint density at radius 3 is 1.76 bits per heavy atom. The van der Waals surface area contributed by atoms with Crippen molar-refractivity contribution < 1.29 is 23.9 Å². The quantitative estimate of drug-likeness (QED) is 0.460. The summed E-state index contributed by atoms with van der Waals surface area (Å²) in [4.78, 5) is 34.2. The topological polar surface area (TPSA) is 69.7 Å². The summed E-state index contributed by atoms with van der Waals surface area (Å²) in [6.45, 7) is 0. The van der Waals surface area contributed by atoms with Crippen LogP contribution in [0.4, 0.5) is 0 Å². The van der Waals surface area contributed by atoms with Crippen LogP contribution in [0.5, 0.6) is 0 Å². The summed E-state index contributed by atoms with van der Waals surface area (Å²) in [5.74, 6) is -0.805. The first-order valence-electron chi connectivity index (χ1n) is 7.58. The predicted molar refractivity (Wildman–Crippen MR) is 93.3 cm³/mol. The highest BCUT2D eigenvalue weighted by Crippen LogP contribution is 2.14. The molecular formula is C20H18O5. The van der Waals surface area contributed by atoms with E-state index in [1.54, 1.807) is 54.6 Å². The Hall–Kier alpha value is -3.21. The van der Waals surface area contributed by atoms with Gasteiger partial charge in [-0.1, -0.05) is 24.3 Å². The molecule has 0 heterocycles. The van der Waals surface area contributed by atoms with Crippen LogP contribution in [0.1, 0.15) is 31.8 Å². The van der Waals surface area contributed by atoms with E-state index in [1.807, 2.05) is 0 Å². The van der Waals surface area contributed by atoms with E-state index in [0.717, 1.165) is 17.4 Å². The predicted octanol–water partition coefficient (Wildman–Crippen LogP) is 3.08. The van der Waals surface area contributed by atoms with E-state index in [-0.39, 0.29) is 0 Å². The summed E-state index contributed by atoms with van der Waals surface area (Å²) in [5.41, 5.74) is 3.20. The Labute approximate surface area is 145 Å². The molecule has 0 aliphatic carbocycles. The molecule has 2 aromatic rings. The molecule has 0 atom stereocenters. The van der Waals surface area contributed by atoms with Gasteiger partial charge in [0.15, 0.2) is 0 Å². The fourth-order valence-corrected chi connectivity index (χ4v) is 2.29. The van der Waals surface area contributed by atoms with E-state index >= 15 is 0 Å². The van der Waals surface area contributed by atoms with Gasteiger partial charge >= 0.3 is 11.9 Å². The van der Waals surface area contributed by atoms with Gasteiger partial charge in [0.1, 0.15) is 6.29 Å². The number of carbonyl (C=O) groups excluding carboxylic acids is 3. The lowest BCUT2D eigenvalue weighted by atomic mass is 10.0. The average molecular weight is 338 g/mol. The molecule has 25 heavy (non-hydrogen) atoms. The lowest BCUT2D eigenvalue weighted by molar-refractivity contribution is -0.104. The highest BCUT2D eigenvalue weighted by molar-refractivity contribution is 5.90. The van der Waals surface area contributed by atoms with E-state index in [4.69, 9.17) is 0 Å². The standard InChI is InChI=1S/C20H18O5/c1-24-19(22)17-7-3-14(4-8-17)11-16(13-21)12-15-5-9-18(10-6-15)20(23)25-2/h3-11,13H,12H2,1-2H3/b16-11+. The van der Waals surface area contributed by atoms with E-state index < -0.39 is 11.9 Å². The van der Waals surface area contributed by atoms with Crippen LogP contribution in [-0.2, 0) is 20.7 Å². The Morgan fingerprint density at radius 1 is 0.840 bits per heavy atom. The minimum absolute atomic E-state index is 0.400. The number of rotatable bonds is 6. The van der Waals surface area contributed by atoms with Gasteiger partial charge in [-0.3, -0.25) is 4.79 Å². The molecule has 0 bridgehead atoms. The average Bonchev–Trinajstić information content (AvgIpc) is 2.67. The zero-order chi connectivity index (χ0) is 18.2. The number of allylic oxidation sites excluding steroid dienone is 1. The third-order valence-corrected chi connectivity index (χ3v) is 3.62. The highest BCUT2D eigenvalue weighted by atomic mass is 16.5. The molecule has 0 unspecified atom stereocenters. The summed E-state index contributed by atoms with van der Waals surface area (Å²) >= 11 is 0. The van der Waals surface area contributed by atoms with Crippen molar-refractivity contribution in [3.05, 3.63) is 76.4 Å². The molecule has 0 aromatic heterocycles. The molecule has 0 saturated carbocycles. The summed E-state index contributed by atoms with van der Waals surface area (Å²) in [6.07, 6.45) is 2.98. The van der Waals surface area contributed by atoms with Crippen LogP contribution in [0.15, 0.2) is 54.1 Å². The largest absolute Gasteiger partial charge is 0.465 e. The van der Waals surface area contributed by atoms with Gasteiger partial charge in [-0.15, -0.1) is 0 Å². The second kappa shape index (κ2) is 8.59. The second-order valence-corrected chi connectivity index (χ2v) is 5.32. The summed E-state index contributed by atoms with van der Waals surface area (Å²) in [5, 5.41) is 0. The number of hydrogen-bond donors (Lipinski definition) is 0. The normalized spacial score (nSPS) is 10.9. The molecule has 0 N–H and O–H groups in total. The van der Waals surface area contributed by atoms with Crippen LogP contribution in [0.25, 0.3) is 6.08 Å². The molecule has 128 valence electrons. The first-order chi connectivity index (χ1) is 12.1. The number of ether oxygens (including phenoxy) is 2. The number of benzene rings is 2. The molecular weight excluding hydrogens is 320 g/mol. The van der Waals surface area contributed by atoms with Gasteiger partial charge in [-0.2, -0.15) is 0 Å². The van der Waals surface area contributed by atoms with Crippen molar-refractivity contribution in [2.45, 2.75) is 6.42 Å². The zero-order valence-electron chi connectivity index (χ0n) is 14.0. The Bertz CT molecular complexity index is 786. The van der Waals surface area contributed by atoms with Crippen LogP contribution in [0.3, 0.4) is 0 Å². The van der Waals surface area contributed by atoms with Crippen LogP contribution in [0.2, 0.25) is 0 Å². The number of hydrogen-bond acceptors (Lipinski definition) is 5. The number of methoxy groups -OCH3 is 2. The van der Waals surface area contributed by atoms with Gasteiger partial charge in [0.25, 0.3) is 0 Å². The number of esters is 2. The van der Waals surface area contributed by atoms with Crippen molar-refractivity contribution in [3.63, 3.8) is 0 Å².